The zero-order valence-electron chi connectivity index (χ0n) is 9.55. The minimum Gasteiger partial charge on any atom is -0.391 e. The third-order valence-electron chi connectivity index (χ3n) is 2.55. The van der Waals surface area contributed by atoms with Crippen LogP contribution in [0, 0.1) is 6.92 Å². The second-order valence-electron chi connectivity index (χ2n) is 3.83. The summed E-state index contributed by atoms with van der Waals surface area (Å²) in [5.41, 5.74) is 2.15. The van der Waals surface area contributed by atoms with E-state index in [2.05, 4.69) is 0 Å². The Bertz CT molecular complexity index is 514. The Balaban J connectivity index is 2.14. The summed E-state index contributed by atoms with van der Waals surface area (Å²) in [5, 5.41) is 11.1. The molecule has 2 nitrogen and oxygen atoms in total. The van der Waals surface area contributed by atoms with Gasteiger partial charge < -0.3 is 5.11 Å². The summed E-state index contributed by atoms with van der Waals surface area (Å²) in [4.78, 5) is 1.75. The monoisotopic (exact) mass is 266 g/mol. The molecule has 1 heterocycles. The van der Waals surface area contributed by atoms with Crippen molar-refractivity contribution >= 4 is 22.1 Å². The normalized spacial score (nSPS) is 12.6. The van der Waals surface area contributed by atoms with Gasteiger partial charge in [-0.05, 0) is 36.1 Å². The fraction of sp³-hybridized carbons (Fsp3) is 0.231. The fourth-order valence-electron chi connectivity index (χ4n) is 1.55. The molecule has 1 atom stereocenters. The maximum Gasteiger partial charge on any atom is 0.0777 e. The van der Waals surface area contributed by atoms with Gasteiger partial charge in [0.1, 0.15) is 0 Å². The summed E-state index contributed by atoms with van der Waals surface area (Å²) in [6, 6.07) is 9.66. The highest BCUT2D eigenvalue weighted by molar-refractivity contribution is 7.84. The second kappa shape index (κ2) is 5.58. The van der Waals surface area contributed by atoms with Crippen LogP contribution in [0.1, 0.15) is 16.0 Å². The van der Waals surface area contributed by atoms with Crippen LogP contribution >= 0.6 is 11.3 Å². The first-order valence-corrected chi connectivity index (χ1v) is 7.51. The van der Waals surface area contributed by atoms with Crippen LogP contribution in [0.3, 0.4) is 0 Å². The van der Waals surface area contributed by atoms with Crippen molar-refractivity contribution in [3.05, 3.63) is 51.7 Å². The smallest absolute Gasteiger partial charge is 0.0777 e. The highest BCUT2D eigenvalue weighted by atomic mass is 32.2. The molecule has 0 aliphatic carbocycles. The van der Waals surface area contributed by atoms with Gasteiger partial charge in [0.2, 0.25) is 0 Å². The number of rotatable bonds is 4. The lowest BCUT2D eigenvalue weighted by molar-refractivity contribution is 0.285. The van der Waals surface area contributed by atoms with Crippen LogP contribution < -0.4 is 0 Å². The zero-order chi connectivity index (χ0) is 12.3. The van der Waals surface area contributed by atoms with Crippen LogP contribution in [0.2, 0.25) is 0 Å². The van der Waals surface area contributed by atoms with Gasteiger partial charge in [0, 0.05) is 9.77 Å². The molecule has 0 radical (unpaired) electrons. The van der Waals surface area contributed by atoms with E-state index in [0.29, 0.717) is 5.75 Å². The number of hydrogen-bond donors (Lipinski definition) is 1. The van der Waals surface area contributed by atoms with Crippen LogP contribution in [-0.2, 0) is 23.2 Å². The van der Waals surface area contributed by atoms with Gasteiger partial charge in [-0.3, -0.25) is 4.21 Å². The number of hydrogen-bond acceptors (Lipinski definition) is 3. The molecule has 2 rings (SSSR count). The fourth-order valence-corrected chi connectivity index (χ4v) is 3.56. The van der Waals surface area contributed by atoms with Crippen molar-refractivity contribution in [2.45, 2.75) is 24.2 Å². The number of aryl methyl sites for hydroxylation is 1. The molecular formula is C13H14O2S2. The highest BCUT2D eigenvalue weighted by Crippen LogP contribution is 2.20. The Morgan fingerprint density at radius 2 is 1.94 bits per heavy atom. The Kier molecular flexibility index (Phi) is 4.10. The molecule has 0 amide bonds. The first-order chi connectivity index (χ1) is 8.20. The molecule has 0 aliphatic heterocycles. The van der Waals surface area contributed by atoms with Crippen LogP contribution in [0.4, 0.5) is 0 Å². The molecule has 90 valence electrons. The van der Waals surface area contributed by atoms with Crippen LogP contribution in [0.15, 0.2) is 40.6 Å². The second-order valence-corrected chi connectivity index (χ2v) is 6.28. The van der Waals surface area contributed by atoms with Crippen LogP contribution in [0.25, 0.3) is 0 Å². The first-order valence-electron chi connectivity index (χ1n) is 5.32. The van der Waals surface area contributed by atoms with Gasteiger partial charge in [-0.1, -0.05) is 17.7 Å². The number of thiophene rings is 1. The Hall–Kier alpha value is -0.970. The van der Waals surface area contributed by atoms with Gasteiger partial charge in [0.25, 0.3) is 0 Å². The van der Waals surface area contributed by atoms with E-state index in [4.69, 9.17) is 5.11 Å². The van der Waals surface area contributed by atoms with Crippen molar-refractivity contribution in [1.29, 1.82) is 0 Å². The summed E-state index contributed by atoms with van der Waals surface area (Å²) < 4.78 is 12.1. The summed E-state index contributed by atoms with van der Waals surface area (Å²) in [5.74, 6) is 0.475. The van der Waals surface area contributed by atoms with Crippen molar-refractivity contribution in [3.8, 4) is 0 Å². The molecule has 1 unspecified atom stereocenters. The molecule has 0 fully saturated rings. The topological polar surface area (TPSA) is 37.3 Å². The van der Waals surface area contributed by atoms with Crippen molar-refractivity contribution in [3.63, 3.8) is 0 Å². The SMILES string of the molecule is Cc1ccc(S(=O)Cc2ccsc2CO)cc1. The van der Waals surface area contributed by atoms with Gasteiger partial charge in [-0.15, -0.1) is 11.3 Å². The summed E-state index contributed by atoms with van der Waals surface area (Å²) in [7, 11) is -1.04. The van der Waals surface area contributed by atoms with Gasteiger partial charge in [-0.25, -0.2) is 0 Å². The Morgan fingerprint density at radius 1 is 1.24 bits per heavy atom. The van der Waals surface area contributed by atoms with Gasteiger partial charge in [-0.2, -0.15) is 0 Å². The predicted octanol–water partition coefficient (Wildman–Crippen LogP) is 2.86. The third-order valence-corrected chi connectivity index (χ3v) is 4.87. The zero-order valence-corrected chi connectivity index (χ0v) is 11.2. The molecule has 0 saturated heterocycles. The summed E-state index contributed by atoms with van der Waals surface area (Å²) in [6.07, 6.45) is 0. The van der Waals surface area contributed by atoms with E-state index >= 15 is 0 Å². The first kappa shape index (κ1) is 12.5. The van der Waals surface area contributed by atoms with E-state index in [1.807, 2.05) is 42.6 Å². The quantitative estimate of drug-likeness (QED) is 0.924. The molecule has 0 bridgehead atoms. The molecule has 2 aromatic rings. The van der Waals surface area contributed by atoms with E-state index in [1.54, 1.807) is 0 Å². The largest absolute Gasteiger partial charge is 0.391 e. The molecule has 1 aromatic carbocycles. The lowest BCUT2D eigenvalue weighted by atomic mass is 10.2. The van der Waals surface area contributed by atoms with Crippen molar-refractivity contribution in [2.24, 2.45) is 0 Å². The summed E-state index contributed by atoms with van der Waals surface area (Å²) >= 11 is 1.50. The molecule has 1 N–H and O–H groups in total. The summed E-state index contributed by atoms with van der Waals surface area (Å²) in [6.45, 7) is 2.04. The molecule has 0 aliphatic rings. The van der Waals surface area contributed by atoms with Crippen molar-refractivity contribution in [1.82, 2.24) is 0 Å². The van der Waals surface area contributed by atoms with E-state index in [0.717, 1.165) is 20.9 Å². The third kappa shape index (κ3) is 3.03. The Morgan fingerprint density at radius 3 is 2.59 bits per heavy atom. The van der Waals surface area contributed by atoms with Crippen LogP contribution in [-0.4, -0.2) is 9.32 Å². The van der Waals surface area contributed by atoms with E-state index in [1.165, 1.54) is 11.3 Å². The number of aliphatic hydroxyl groups excluding tert-OH is 1. The van der Waals surface area contributed by atoms with Crippen molar-refractivity contribution < 1.29 is 9.32 Å². The maximum absolute atomic E-state index is 12.1. The average molecular weight is 266 g/mol. The van der Waals surface area contributed by atoms with E-state index < -0.39 is 10.8 Å². The van der Waals surface area contributed by atoms with Crippen LogP contribution in [0.5, 0.6) is 0 Å². The standard InChI is InChI=1S/C13H14O2S2/c1-10-2-4-12(5-3-10)17(15)9-11-6-7-16-13(11)8-14/h2-7,14H,8-9H2,1H3. The average Bonchev–Trinajstić information content (AvgIpc) is 2.77. The van der Waals surface area contributed by atoms with E-state index in [-0.39, 0.29) is 6.61 Å². The Labute approximate surface area is 107 Å². The van der Waals surface area contributed by atoms with Gasteiger partial charge >= 0.3 is 0 Å². The van der Waals surface area contributed by atoms with Gasteiger partial charge in [0.15, 0.2) is 0 Å². The molecule has 17 heavy (non-hydrogen) atoms. The molecule has 0 saturated carbocycles. The van der Waals surface area contributed by atoms with Crippen molar-refractivity contribution in [2.75, 3.05) is 0 Å². The molecule has 0 spiro atoms. The minimum atomic E-state index is -1.04. The minimum absolute atomic E-state index is 0.0259. The molecule has 4 heteroatoms. The lowest BCUT2D eigenvalue weighted by Gasteiger charge is -2.03. The highest BCUT2D eigenvalue weighted by Gasteiger charge is 2.09. The number of aliphatic hydroxyl groups is 1. The molecular weight excluding hydrogens is 252 g/mol. The number of benzene rings is 1. The van der Waals surface area contributed by atoms with E-state index in [9.17, 15) is 4.21 Å². The molecule has 1 aromatic heterocycles. The van der Waals surface area contributed by atoms with Gasteiger partial charge in [0.05, 0.1) is 23.2 Å². The maximum atomic E-state index is 12.1. The predicted molar refractivity (Wildman–Crippen MR) is 71.5 cm³/mol. The lowest BCUT2D eigenvalue weighted by Crippen LogP contribution is -1.97.